The summed E-state index contributed by atoms with van der Waals surface area (Å²) in [7, 11) is 3.13. The zero-order valence-electron chi connectivity index (χ0n) is 15.9. The van der Waals surface area contributed by atoms with Crippen molar-refractivity contribution in [3.05, 3.63) is 53.9 Å². The molecule has 0 saturated carbocycles. The number of carbonyl (C=O) groups excluding carboxylic acids is 1. The lowest BCUT2D eigenvalue weighted by Gasteiger charge is -2.07. The number of methoxy groups -OCH3 is 2. The second-order valence-corrected chi connectivity index (χ2v) is 5.72. The van der Waals surface area contributed by atoms with Gasteiger partial charge in [0.15, 0.2) is 0 Å². The van der Waals surface area contributed by atoms with Crippen LogP contribution in [0.3, 0.4) is 0 Å². The Bertz CT molecular complexity index is 937. The topological polar surface area (TPSA) is 95.7 Å². The Kier molecular flexibility index (Phi) is 6.11. The molecule has 8 heteroatoms. The molecule has 0 atom stereocenters. The lowest BCUT2D eigenvalue weighted by Crippen LogP contribution is -2.22. The van der Waals surface area contributed by atoms with Crippen LogP contribution in [0.5, 0.6) is 17.2 Å². The molecule has 0 aliphatic rings. The second kappa shape index (κ2) is 8.90. The first-order valence-electron chi connectivity index (χ1n) is 8.70. The maximum atomic E-state index is 12.3. The average molecular weight is 383 g/mol. The third kappa shape index (κ3) is 4.40. The number of benzene rings is 2. The van der Waals surface area contributed by atoms with E-state index in [1.165, 1.54) is 0 Å². The van der Waals surface area contributed by atoms with Gasteiger partial charge in [-0.1, -0.05) is 5.16 Å². The van der Waals surface area contributed by atoms with E-state index < -0.39 is 0 Å². The molecule has 3 aromatic rings. The molecule has 0 fully saturated rings. The predicted octanol–water partition coefficient (Wildman–Crippen LogP) is 3.08. The first kappa shape index (κ1) is 19.2. The molecule has 146 valence electrons. The predicted molar refractivity (Wildman–Crippen MR) is 102 cm³/mol. The van der Waals surface area contributed by atoms with E-state index in [2.05, 4.69) is 15.5 Å². The minimum Gasteiger partial charge on any atom is -0.497 e. The number of carbonyl (C=O) groups is 1. The third-order valence-electron chi connectivity index (χ3n) is 3.95. The largest absolute Gasteiger partial charge is 0.497 e. The molecule has 0 aliphatic carbocycles. The van der Waals surface area contributed by atoms with Gasteiger partial charge < -0.3 is 24.1 Å². The lowest BCUT2D eigenvalue weighted by molar-refractivity contribution is 0.0946. The zero-order valence-corrected chi connectivity index (χ0v) is 15.9. The number of nitrogens with zero attached hydrogens (tertiary/aromatic N) is 2. The highest BCUT2D eigenvalue weighted by atomic mass is 16.5. The van der Waals surface area contributed by atoms with Crippen LogP contribution < -0.4 is 19.5 Å². The van der Waals surface area contributed by atoms with E-state index in [9.17, 15) is 4.79 Å². The van der Waals surface area contributed by atoms with Gasteiger partial charge in [0, 0.05) is 11.6 Å². The highest BCUT2D eigenvalue weighted by molar-refractivity contribution is 5.94. The molecule has 0 saturated heterocycles. The van der Waals surface area contributed by atoms with Crippen molar-refractivity contribution < 1.29 is 23.5 Å². The number of rotatable bonds is 8. The molecule has 0 spiro atoms. The number of nitrogens with one attached hydrogen (secondary N) is 1. The molecular formula is C20H21N3O5. The molecule has 1 N–H and O–H groups in total. The van der Waals surface area contributed by atoms with Crippen LogP contribution >= 0.6 is 0 Å². The van der Waals surface area contributed by atoms with Gasteiger partial charge in [-0.3, -0.25) is 4.79 Å². The number of ether oxygens (including phenoxy) is 3. The summed E-state index contributed by atoms with van der Waals surface area (Å²) in [5.74, 6) is 2.34. The monoisotopic (exact) mass is 383 g/mol. The van der Waals surface area contributed by atoms with E-state index in [0.29, 0.717) is 40.8 Å². The van der Waals surface area contributed by atoms with Crippen molar-refractivity contribution in [1.29, 1.82) is 0 Å². The summed E-state index contributed by atoms with van der Waals surface area (Å²) in [6.07, 6.45) is 0. The summed E-state index contributed by atoms with van der Waals surface area (Å²) < 4.78 is 21.1. The fraction of sp³-hybridized carbons (Fsp3) is 0.250. The van der Waals surface area contributed by atoms with Crippen LogP contribution in [0.15, 0.2) is 47.0 Å². The SMILES string of the molecule is CCOc1ccc(C(=O)NCc2nc(-c3ccc(OC)cc3OC)no2)cc1. The van der Waals surface area contributed by atoms with Crippen molar-refractivity contribution >= 4 is 5.91 Å². The molecule has 8 nitrogen and oxygen atoms in total. The van der Waals surface area contributed by atoms with Crippen LogP contribution in [-0.2, 0) is 6.54 Å². The molecule has 28 heavy (non-hydrogen) atoms. The van der Waals surface area contributed by atoms with Crippen molar-refractivity contribution in [2.75, 3.05) is 20.8 Å². The molecule has 0 aliphatic heterocycles. The summed E-state index contributed by atoms with van der Waals surface area (Å²) in [6.45, 7) is 2.59. The minimum absolute atomic E-state index is 0.109. The molecule has 1 aromatic heterocycles. The number of amides is 1. The van der Waals surface area contributed by atoms with Gasteiger partial charge in [-0.25, -0.2) is 0 Å². The van der Waals surface area contributed by atoms with Gasteiger partial charge in [0.25, 0.3) is 5.91 Å². The minimum atomic E-state index is -0.246. The first-order valence-corrected chi connectivity index (χ1v) is 8.70. The van der Waals surface area contributed by atoms with Gasteiger partial charge in [-0.15, -0.1) is 0 Å². The quantitative estimate of drug-likeness (QED) is 0.638. The van der Waals surface area contributed by atoms with Crippen molar-refractivity contribution in [1.82, 2.24) is 15.5 Å². The molecule has 2 aromatic carbocycles. The van der Waals surface area contributed by atoms with Gasteiger partial charge >= 0.3 is 0 Å². The molecule has 0 unspecified atom stereocenters. The fourth-order valence-electron chi connectivity index (χ4n) is 2.55. The van der Waals surface area contributed by atoms with Crippen LogP contribution in [0, 0.1) is 0 Å². The van der Waals surface area contributed by atoms with E-state index in [0.717, 1.165) is 0 Å². The zero-order chi connectivity index (χ0) is 19.9. The smallest absolute Gasteiger partial charge is 0.251 e. The summed E-state index contributed by atoms with van der Waals surface area (Å²) in [5.41, 5.74) is 1.18. The van der Waals surface area contributed by atoms with E-state index in [4.69, 9.17) is 18.7 Å². The standard InChI is InChI=1S/C20H21N3O5/c1-4-27-14-7-5-13(6-8-14)20(24)21-12-18-22-19(23-28-18)16-10-9-15(25-2)11-17(16)26-3/h5-11H,4,12H2,1-3H3,(H,21,24). The Morgan fingerprint density at radius 3 is 2.50 bits per heavy atom. The number of hydrogen-bond donors (Lipinski definition) is 1. The summed E-state index contributed by atoms with van der Waals surface area (Å²) >= 11 is 0. The van der Waals surface area contributed by atoms with Gasteiger partial charge in [0.1, 0.15) is 17.2 Å². The van der Waals surface area contributed by atoms with Crippen LogP contribution in [-0.4, -0.2) is 36.9 Å². The third-order valence-corrected chi connectivity index (χ3v) is 3.95. The average Bonchev–Trinajstić information content (AvgIpc) is 3.21. The Hall–Kier alpha value is -3.55. The fourth-order valence-corrected chi connectivity index (χ4v) is 2.55. The van der Waals surface area contributed by atoms with E-state index in [1.807, 2.05) is 6.92 Å². The highest BCUT2D eigenvalue weighted by Gasteiger charge is 2.15. The molecule has 0 bridgehead atoms. The maximum Gasteiger partial charge on any atom is 0.251 e. The van der Waals surface area contributed by atoms with Crippen molar-refractivity contribution in [3.63, 3.8) is 0 Å². The lowest BCUT2D eigenvalue weighted by atomic mass is 10.2. The van der Waals surface area contributed by atoms with Crippen molar-refractivity contribution in [2.45, 2.75) is 13.5 Å². The van der Waals surface area contributed by atoms with Gasteiger partial charge in [-0.2, -0.15) is 4.98 Å². The summed E-state index contributed by atoms with van der Waals surface area (Å²) in [5, 5.41) is 6.71. The van der Waals surface area contributed by atoms with Crippen molar-refractivity contribution in [2.24, 2.45) is 0 Å². The first-order chi connectivity index (χ1) is 13.6. The normalized spacial score (nSPS) is 10.4. The Morgan fingerprint density at radius 1 is 1.07 bits per heavy atom. The van der Waals surface area contributed by atoms with E-state index >= 15 is 0 Å². The van der Waals surface area contributed by atoms with Gasteiger partial charge in [-0.05, 0) is 43.3 Å². The Balaban J connectivity index is 1.65. The second-order valence-electron chi connectivity index (χ2n) is 5.72. The van der Waals surface area contributed by atoms with Crippen LogP contribution in [0.2, 0.25) is 0 Å². The van der Waals surface area contributed by atoms with Crippen LogP contribution in [0.1, 0.15) is 23.2 Å². The van der Waals surface area contributed by atoms with Gasteiger partial charge in [0.05, 0.1) is 32.9 Å². The van der Waals surface area contributed by atoms with Crippen molar-refractivity contribution in [3.8, 4) is 28.6 Å². The number of aromatic nitrogens is 2. The number of hydrogen-bond acceptors (Lipinski definition) is 7. The van der Waals surface area contributed by atoms with E-state index in [-0.39, 0.29) is 18.3 Å². The van der Waals surface area contributed by atoms with Gasteiger partial charge in [0.2, 0.25) is 11.7 Å². The molecule has 0 radical (unpaired) electrons. The highest BCUT2D eigenvalue weighted by Crippen LogP contribution is 2.31. The molecule has 1 amide bonds. The summed E-state index contributed by atoms with van der Waals surface area (Å²) in [4.78, 5) is 16.6. The maximum absolute atomic E-state index is 12.3. The van der Waals surface area contributed by atoms with E-state index in [1.54, 1.807) is 56.7 Å². The van der Waals surface area contributed by atoms with Crippen LogP contribution in [0.25, 0.3) is 11.4 Å². The summed E-state index contributed by atoms with van der Waals surface area (Å²) in [6, 6.07) is 12.2. The molecular weight excluding hydrogens is 362 g/mol. The Morgan fingerprint density at radius 2 is 1.82 bits per heavy atom. The Labute approximate surface area is 162 Å². The molecule has 3 rings (SSSR count). The van der Waals surface area contributed by atoms with Crippen LogP contribution in [0.4, 0.5) is 0 Å². The molecule has 1 heterocycles.